The first-order valence-corrected chi connectivity index (χ1v) is 13.6. The van der Waals surface area contributed by atoms with E-state index in [1.807, 2.05) is 4.90 Å². The summed E-state index contributed by atoms with van der Waals surface area (Å²) in [5.41, 5.74) is -0.978. The molecule has 1 aromatic carbocycles. The van der Waals surface area contributed by atoms with Crippen molar-refractivity contribution in [3.63, 3.8) is 0 Å². The average molecular weight is 502 g/mol. The predicted molar refractivity (Wildman–Crippen MR) is 122 cm³/mol. The van der Waals surface area contributed by atoms with Gasteiger partial charge in [0.25, 0.3) is 0 Å². The molecule has 1 N–H and O–H groups in total. The second-order valence-electron chi connectivity index (χ2n) is 10.3. The van der Waals surface area contributed by atoms with Crippen LogP contribution in [0.2, 0.25) is 0 Å². The molecule has 3 atom stereocenters. The number of carbonyl (C=O) groups excluding carboxylic acids is 1. The Labute approximate surface area is 199 Å². The number of nitrogens with zero attached hydrogens (tertiary/aromatic N) is 2. The number of hydrogen-bond acceptors (Lipinski definition) is 4. The Morgan fingerprint density at radius 1 is 1.15 bits per heavy atom. The van der Waals surface area contributed by atoms with Gasteiger partial charge in [0.1, 0.15) is 0 Å². The highest BCUT2D eigenvalue weighted by molar-refractivity contribution is 7.89. The summed E-state index contributed by atoms with van der Waals surface area (Å²) in [7, 11) is -4.11. The normalized spacial score (nSPS) is 26.5. The molecule has 1 aromatic rings. The number of hydrogen-bond donors (Lipinski definition) is 1. The molecular formula is C24H34F3N3O3S. The zero-order valence-corrected chi connectivity index (χ0v) is 20.5. The first-order valence-electron chi connectivity index (χ1n) is 12.2. The molecular weight excluding hydrogens is 467 g/mol. The van der Waals surface area contributed by atoms with Crippen molar-refractivity contribution >= 4 is 15.9 Å². The number of halogens is 3. The van der Waals surface area contributed by atoms with Gasteiger partial charge in [0.15, 0.2) is 0 Å². The fourth-order valence-electron chi connectivity index (χ4n) is 6.06. The molecule has 1 aliphatic heterocycles. The number of amides is 1. The van der Waals surface area contributed by atoms with Gasteiger partial charge in [-0.15, -0.1) is 0 Å². The van der Waals surface area contributed by atoms with Gasteiger partial charge in [-0.2, -0.15) is 17.5 Å². The molecule has 0 aromatic heterocycles. The first-order chi connectivity index (χ1) is 15.9. The Bertz CT molecular complexity index is 991. The van der Waals surface area contributed by atoms with E-state index in [4.69, 9.17) is 0 Å². The molecule has 2 aliphatic carbocycles. The molecule has 190 valence electrons. The minimum Gasteiger partial charge on any atom is -0.352 e. The lowest BCUT2D eigenvalue weighted by Crippen LogP contribution is -2.52. The predicted octanol–water partition coefficient (Wildman–Crippen LogP) is 3.87. The summed E-state index contributed by atoms with van der Waals surface area (Å²) in [6, 6.07) is 3.49. The number of likely N-dealkylation sites (tertiary alicyclic amines) is 1. The number of piperidine rings is 1. The maximum Gasteiger partial charge on any atom is 0.416 e. The molecule has 34 heavy (non-hydrogen) atoms. The lowest BCUT2D eigenvalue weighted by atomic mass is 9.95. The second-order valence-corrected chi connectivity index (χ2v) is 12.2. The molecule has 4 rings (SSSR count). The van der Waals surface area contributed by atoms with Crippen molar-refractivity contribution in [2.75, 3.05) is 19.6 Å². The van der Waals surface area contributed by atoms with Gasteiger partial charge in [0, 0.05) is 31.2 Å². The molecule has 2 saturated carbocycles. The molecule has 2 bridgehead atoms. The van der Waals surface area contributed by atoms with Crippen LogP contribution >= 0.6 is 0 Å². The lowest BCUT2D eigenvalue weighted by molar-refractivity contribution is -0.137. The molecule has 1 saturated heterocycles. The van der Waals surface area contributed by atoms with Crippen LogP contribution in [0, 0.1) is 11.8 Å². The Kier molecular flexibility index (Phi) is 7.32. The van der Waals surface area contributed by atoms with E-state index in [1.54, 1.807) is 13.8 Å². The smallest absolute Gasteiger partial charge is 0.352 e. The molecule has 3 fully saturated rings. The molecule has 0 radical (unpaired) electrons. The van der Waals surface area contributed by atoms with Crippen LogP contribution in [0.15, 0.2) is 29.2 Å². The van der Waals surface area contributed by atoms with E-state index < -0.39 is 27.8 Å². The third-order valence-electron chi connectivity index (χ3n) is 7.61. The van der Waals surface area contributed by atoms with Crippen molar-refractivity contribution in [2.45, 2.75) is 81.6 Å². The maximum absolute atomic E-state index is 13.3. The van der Waals surface area contributed by atoms with Crippen LogP contribution in [0.1, 0.15) is 57.9 Å². The van der Waals surface area contributed by atoms with Crippen LogP contribution in [0.25, 0.3) is 0 Å². The average Bonchev–Trinajstić information content (AvgIpc) is 3.37. The number of rotatable bonds is 7. The Hall–Kier alpha value is -1.65. The third kappa shape index (κ3) is 5.44. The van der Waals surface area contributed by atoms with Gasteiger partial charge in [-0.3, -0.25) is 9.69 Å². The Balaban J connectivity index is 1.37. The van der Waals surface area contributed by atoms with E-state index >= 15 is 0 Å². The quantitative estimate of drug-likeness (QED) is 0.616. The fourth-order valence-corrected chi connectivity index (χ4v) is 7.99. The van der Waals surface area contributed by atoms with Crippen molar-refractivity contribution in [1.82, 2.24) is 14.5 Å². The SMILES string of the molecule is CC(C)N(C1CCN(CC(=O)NC2CC3CCC2C3)CC1)S(=O)(=O)c1cccc(C(F)(F)F)c1. The van der Waals surface area contributed by atoms with E-state index in [2.05, 4.69) is 5.32 Å². The number of alkyl halides is 3. The van der Waals surface area contributed by atoms with Gasteiger partial charge in [-0.1, -0.05) is 12.5 Å². The molecule has 0 spiro atoms. The molecule has 3 aliphatic rings. The topological polar surface area (TPSA) is 69.7 Å². The summed E-state index contributed by atoms with van der Waals surface area (Å²) in [6.45, 7) is 4.90. The maximum atomic E-state index is 13.3. The molecule has 6 nitrogen and oxygen atoms in total. The monoisotopic (exact) mass is 501 g/mol. The van der Waals surface area contributed by atoms with Crippen molar-refractivity contribution in [3.05, 3.63) is 29.8 Å². The zero-order valence-electron chi connectivity index (χ0n) is 19.7. The second kappa shape index (κ2) is 9.78. The summed E-state index contributed by atoms with van der Waals surface area (Å²) >= 11 is 0. The summed E-state index contributed by atoms with van der Waals surface area (Å²) < 4.78 is 67.5. The van der Waals surface area contributed by atoms with E-state index in [0.717, 1.165) is 24.5 Å². The van der Waals surface area contributed by atoms with Crippen LogP contribution in [0.3, 0.4) is 0 Å². The van der Waals surface area contributed by atoms with Crippen molar-refractivity contribution < 1.29 is 26.4 Å². The van der Waals surface area contributed by atoms with Crippen LogP contribution in [0.4, 0.5) is 13.2 Å². The Morgan fingerprint density at radius 2 is 1.85 bits per heavy atom. The number of fused-ring (bicyclic) bond motifs is 2. The minimum atomic E-state index is -4.61. The van der Waals surface area contributed by atoms with Gasteiger partial charge < -0.3 is 5.32 Å². The van der Waals surface area contributed by atoms with E-state index in [-0.39, 0.29) is 22.9 Å². The highest BCUT2D eigenvalue weighted by Crippen LogP contribution is 2.44. The standard InChI is InChI=1S/C24H34F3N3O3S/c1-16(2)30(34(32,33)21-5-3-4-19(14-21)24(25,26)27)20-8-10-29(11-9-20)15-23(31)28-22-13-17-6-7-18(22)12-17/h3-5,14,16-18,20,22H,6-13,15H2,1-2H3,(H,28,31). The van der Waals surface area contributed by atoms with Crippen LogP contribution in [-0.2, 0) is 21.0 Å². The van der Waals surface area contributed by atoms with E-state index in [9.17, 15) is 26.4 Å². The number of nitrogens with one attached hydrogen (secondary N) is 1. The van der Waals surface area contributed by atoms with Gasteiger partial charge >= 0.3 is 6.18 Å². The summed E-state index contributed by atoms with van der Waals surface area (Å²) in [6.07, 6.45) is 1.22. The summed E-state index contributed by atoms with van der Waals surface area (Å²) in [4.78, 5) is 14.3. The van der Waals surface area contributed by atoms with E-state index in [1.165, 1.54) is 29.6 Å². The summed E-state index contributed by atoms with van der Waals surface area (Å²) in [5.74, 6) is 1.39. The van der Waals surface area contributed by atoms with Gasteiger partial charge in [-0.25, -0.2) is 8.42 Å². The van der Waals surface area contributed by atoms with E-state index in [0.29, 0.717) is 44.5 Å². The molecule has 3 unspecified atom stereocenters. The summed E-state index contributed by atoms with van der Waals surface area (Å²) in [5, 5.41) is 3.19. The fraction of sp³-hybridized carbons (Fsp3) is 0.708. The van der Waals surface area contributed by atoms with Gasteiger partial charge in [-0.05, 0) is 76.0 Å². The van der Waals surface area contributed by atoms with Crippen molar-refractivity contribution in [1.29, 1.82) is 0 Å². The largest absolute Gasteiger partial charge is 0.416 e. The van der Waals surface area contributed by atoms with Crippen LogP contribution < -0.4 is 5.32 Å². The third-order valence-corrected chi connectivity index (χ3v) is 9.74. The van der Waals surface area contributed by atoms with Crippen LogP contribution in [0.5, 0.6) is 0 Å². The molecule has 1 heterocycles. The zero-order chi connectivity index (χ0) is 24.7. The number of benzene rings is 1. The molecule has 1 amide bonds. The number of sulfonamides is 1. The van der Waals surface area contributed by atoms with Gasteiger partial charge in [0.05, 0.1) is 17.0 Å². The van der Waals surface area contributed by atoms with Crippen molar-refractivity contribution in [3.8, 4) is 0 Å². The van der Waals surface area contributed by atoms with Crippen LogP contribution in [-0.4, -0.2) is 61.3 Å². The number of carbonyl (C=O) groups is 1. The minimum absolute atomic E-state index is 0.0216. The highest BCUT2D eigenvalue weighted by atomic mass is 32.2. The Morgan fingerprint density at radius 3 is 2.41 bits per heavy atom. The lowest BCUT2D eigenvalue weighted by Gasteiger charge is -2.39. The first kappa shape index (κ1) is 25.4. The van der Waals surface area contributed by atoms with Gasteiger partial charge in [0.2, 0.25) is 15.9 Å². The van der Waals surface area contributed by atoms with Crippen molar-refractivity contribution in [2.24, 2.45) is 11.8 Å². The molecule has 10 heteroatoms. The highest BCUT2D eigenvalue weighted by Gasteiger charge is 2.41.